The minimum atomic E-state index is -1.48. The number of carbonyl (C=O) groups is 2. The summed E-state index contributed by atoms with van der Waals surface area (Å²) in [4.78, 5) is 33.7. The Labute approximate surface area is 119 Å². The summed E-state index contributed by atoms with van der Waals surface area (Å²) >= 11 is 0. The van der Waals surface area contributed by atoms with E-state index in [9.17, 15) is 24.8 Å². The van der Waals surface area contributed by atoms with E-state index in [1.54, 1.807) is 6.92 Å². The molecule has 0 aromatic heterocycles. The maximum atomic E-state index is 12.2. The van der Waals surface area contributed by atoms with Gasteiger partial charge in [0, 0.05) is 30.7 Å². The van der Waals surface area contributed by atoms with Crippen LogP contribution in [0.3, 0.4) is 0 Å². The van der Waals surface area contributed by atoms with Crippen LogP contribution in [0.15, 0.2) is 18.2 Å². The first-order valence-corrected chi connectivity index (χ1v) is 6.24. The van der Waals surface area contributed by atoms with Crippen molar-refractivity contribution in [3.05, 3.63) is 39.4 Å². The molecule has 8 heteroatoms. The molecule has 1 atom stereocenters. The third-order valence-electron chi connectivity index (χ3n) is 3.32. The molecule has 1 aromatic rings. The number of carboxylic acids is 1. The molecule has 1 aliphatic rings. The number of hydrogen-bond acceptors (Lipinski definition) is 5. The molecule has 1 fully saturated rings. The summed E-state index contributed by atoms with van der Waals surface area (Å²) in [5.74, 6) is -1.86. The summed E-state index contributed by atoms with van der Waals surface area (Å²) in [6, 6.07) is 3.92. The smallest absolute Gasteiger partial charge is 0.331 e. The van der Waals surface area contributed by atoms with Crippen molar-refractivity contribution in [2.24, 2.45) is 0 Å². The van der Waals surface area contributed by atoms with Crippen molar-refractivity contribution in [2.45, 2.75) is 18.9 Å². The average molecular weight is 294 g/mol. The lowest BCUT2D eigenvalue weighted by atomic mass is 9.98. The molecule has 0 aliphatic carbocycles. The fourth-order valence-electron chi connectivity index (χ4n) is 2.17. The van der Waals surface area contributed by atoms with Crippen molar-refractivity contribution in [3.8, 4) is 0 Å². The predicted molar refractivity (Wildman–Crippen MR) is 71.1 cm³/mol. The van der Waals surface area contributed by atoms with E-state index < -0.39 is 22.3 Å². The van der Waals surface area contributed by atoms with Gasteiger partial charge in [0.15, 0.2) is 5.54 Å². The lowest BCUT2D eigenvalue weighted by Crippen LogP contribution is -2.55. The second-order valence-electron chi connectivity index (χ2n) is 4.96. The van der Waals surface area contributed by atoms with Gasteiger partial charge in [0.2, 0.25) is 0 Å². The minimum Gasteiger partial charge on any atom is -0.479 e. The molecule has 21 heavy (non-hydrogen) atoms. The van der Waals surface area contributed by atoms with Crippen LogP contribution in [0.4, 0.5) is 5.69 Å². The van der Waals surface area contributed by atoms with Crippen LogP contribution in [0.25, 0.3) is 0 Å². The Kier molecular flexibility index (Phi) is 3.90. The molecule has 1 heterocycles. The van der Waals surface area contributed by atoms with Gasteiger partial charge in [-0.3, -0.25) is 14.9 Å². The molecule has 2 N–H and O–H groups in total. The van der Waals surface area contributed by atoms with E-state index in [2.05, 4.69) is 5.32 Å². The molecular weight excluding hydrogens is 280 g/mol. The van der Waals surface area contributed by atoms with Gasteiger partial charge in [0.1, 0.15) is 0 Å². The molecule has 1 unspecified atom stereocenters. The third-order valence-corrected chi connectivity index (χ3v) is 3.32. The third kappa shape index (κ3) is 3.00. The molecule has 1 aliphatic heterocycles. The van der Waals surface area contributed by atoms with Crippen LogP contribution < -0.4 is 5.32 Å². The monoisotopic (exact) mass is 294 g/mol. The number of nitrogens with one attached hydrogen (secondary N) is 1. The number of benzene rings is 1. The standard InChI is InChI=1S/C13H14N2O6/c1-8-4-9(6-10(5-8)15(19)20)11(16)14-13(12(17)18)2-3-21-7-13/h4-6H,2-3,7H2,1H3,(H,14,16)(H,17,18). The van der Waals surface area contributed by atoms with Crippen molar-refractivity contribution in [3.63, 3.8) is 0 Å². The Balaban J connectivity index is 2.28. The Morgan fingerprint density at radius 1 is 1.43 bits per heavy atom. The van der Waals surface area contributed by atoms with Crippen LogP contribution in [0, 0.1) is 17.0 Å². The first-order chi connectivity index (χ1) is 9.84. The first-order valence-electron chi connectivity index (χ1n) is 6.24. The van der Waals surface area contributed by atoms with Gasteiger partial charge in [-0.1, -0.05) is 0 Å². The van der Waals surface area contributed by atoms with Crippen LogP contribution in [0.2, 0.25) is 0 Å². The number of ether oxygens (including phenoxy) is 1. The normalized spacial score (nSPS) is 21.0. The fraction of sp³-hybridized carbons (Fsp3) is 0.385. The van der Waals surface area contributed by atoms with Crippen LogP contribution in [0.5, 0.6) is 0 Å². The number of carbonyl (C=O) groups excluding carboxylic acids is 1. The zero-order valence-electron chi connectivity index (χ0n) is 11.3. The highest BCUT2D eigenvalue weighted by atomic mass is 16.6. The number of aliphatic carboxylic acids is 1. The largest absolute Gasteiger partial charge is 0.479 e. The number of aryl methyl sites for hydroxylation is 1. The molecule has 8 nitrogen and oxygen atoms in total. The van der Waals surface area contributed by atoms with E-state index in [0.717, 1.165) is 6.07 Å². The lowest BCUT2D eigenvalue weighted by Gasteiger charge is -2.23. The van der Waals surface area contributed by atoms with Gasteiger partial charge in [0.05, 0.1) is 11.5 Å². The molecule has 0 radical (unpaired) electrons. The van der Waals surface area contributed by atoms with Crippen molar-refractivity contribution < 1.29 is 24.4 Å². The van der Waals surface area contributed by atoms with Gasteiger partial charge in [-0.15, -0.1) is 0 Å². The van der Waals surface area contributed by atoms with Crippen molar-refractivity contribution >= 4 is 17.6 Å². The maximum Gasteiger partial charge on any atom is 0.331 e. The number of nitro groups is 1. The van der Waals surface area contributed by atoms with E-state index >= 15 is 0 Å². The molecular formula is C13H14N2O6. The van der Waals surface area contributed by atoms with Gasteiger partial charge in [-0.05, 0) is 18.6 Å². The second kappa shape index (κ2) is 5.49. The summed E-state index contributed by atoms with van der Waals surface area (Å²) < 4.78 is 5.04. The number of nitro benzene ring substituents is 1. The quantitative estimate of drug-likeness (QED) is 0.628. The van der Waals surface area contributed by atoms with Crippen molar-refractivity contribution in [1.29, 1.82) is 0 Å². The molecule has 0 spiro atoms. The first kappa shape index (κ1) is 14.9. The predicted octanol–water partition coefficient (Wildman–Crippen LogP) is 0.877. The second-order valence-corrected chi connectivity index (χ2v) is 4.96. The van der Waals surface area contributed by atoms with Gasteiger partial charge in [0.25, 0.3) is 11.6 Å². The van der Waals surface area contributed by atoms with Gasteiger partial charge in [-0.25, -0.2) is 4.79 Å². The van der Waals surface area contributed by atoms with E-state index in [4.69, 9.17) is 4.74 Å². The Morgan fingerprint density at radius 3 is 2.67 bits per heavy atom. The summed E-state index contributed by atoms with van der Waals surface area (Å²) in [5.41, 5.74) is -1.10. The summed E-state index contributed by atoms with van der Waals surface area (Å²) in [5, 5.41) is 22.5. The van der Waals surface area contributed by atoms with E-state index in [-0.39, 0.29) is 30.9 Å². The Morgan fingerprint density at radius 2 is 2.14 bits per heavy atom. The number of non-ortho nitro benzene ring substituents is 1. The zero-order valence-corrected chi connectivity index (χ0v) is 11.3. The molecule has 2 rings (SSSR count). The maximum absolute atomic E-state index is 12.2. The number of hydrogen-bond donors (Lipinski definition) is 2. The number of nitrogens with zero attached hydrogens (tertiary/aromatic N) is 1. The van der Waals surface area contributed by atoms with E-state index in [1.165, 1.54) is 12.1 Å². The van der Waals surface area contributed by atoms with Crippen LogP contribution >= 0.6 is 0 Å². The van der Waals surface area contributed by atoms with Crippen molar-refractivity contribution in [2.75, 3.05) is 13.2 Å². The average Bonchev–Trinajstić information content (AvgIpc) is 2.87. The molecule has 1 amide bonds. The number of rotatable bonds is 4. The SMILES string of the molecule is Cc1cc(C(=O)NC2(C(=O)O)CCOC2)cc([N+](=O)[O-])c1. The lowest BCUT2D eigenvalue weighted by molar-refractivity contribution is -0.384. The minimum absolute atomic E-state index is 0.0502. The van der Waals surface area contributed by atoms with Gasteiger partial charge >= 0.3 is 5.97 Å². The number of carboxylic acid groups (broad SMARTS) is 1. The van der Waals surface area contributed by atoms with Crippen LogP contribution in [-0.4, -0.2) is 40.7 Å². The summed E-state index contributed by atoms with van der Waals surface area (Å²) in [7, 11) is 0. The van der Waals surface area contributed by atoms with Gasteiger partial charge in [-0.2, -0.15) is 0 Å². The molecule has 0 bridgehead atoms. The Hall–Kier alpha value is -2.48. The van der Waals surface area contributed by atoms with Crippen LogP contribution in [0.1, 0.15) is 22.3 Å². The zero-order chi connectivity index (χ0) is 15.6. The van der Waals surface area contributed by atoms with E-state index in [0.29, 0.717) is 5.56 Å². The summed E-state index contributed by atoms with van der Waals surface area (Å²) in [6.07, 6.45) is 0.155. The summed E-state index contributed by atoms with van der Waals surface area (Å²) in [6.45, 7) is 1.73. The number of amides is 1. The van der Waals surface area contributed by atoms with Gasteiger partial charge < -0.3 is 15.2 Å². The fourth-order valence-corrected chi connectivity index (χ4v) is 2.17. The topological polar surface area (TPSA) is 119 Å². The highest BCUT2D eigenvalue weighted by molar-refractivity contribution is 5.98. The molecule has 1 saturated heterocycles. The Bertz CT molecular complexity index is 607. The van der Waals surface area contributed by atoms with E-state index in [1.807, 2.05) is 0 Å². The molecule has 1 aromatic carbocycles. The highest BCUT2D eigenvalue weighted by Crippen LogP contribution is 2.21. The molecule has 0 saturated carbocycles. The highest BCUT2D eigenvalue weighted by Gasteiger charge is 2.44. The van der Waals surface area contributed by atoms with Crippen molar-refractivity contribution in [1.82, 2.24) is 5.32 Å². The molecule has 112 valence electrons. The van der Waals surface area contributed by atoms with Crippen LogP contribution in [-0.2, 0) is 9.53 Å².